The Hall–Kier alpha value is 0.200. The summed E-state index contributed by atoms with van der Waals surface area (Å²) in [4.78, 5) is 3.39. The van der Waals surface area contributed by atoms with Gasteiger partial charge in [0.1, 0.15) is 0 Å². The summed E-state index contributed by atoms with van der Waals surface area (Å²) in [6.07, 6.45) is 3.85. The maximum absolute atomic E-state index is 5.81. The fourth-order valence-electron chi connectivity index (χ4n) is 2.69. The van der Waals surface area contributed by atoms with E-state index in [0.29, 0.717) is 0 Å². The molecule has 0 amide bonds. The monoisotopic (exact) mass is 228 g/mol. The van der Waals surface area contributed by atoms with Crippen LogP contribution in [-0.2, 0) is 0 Å². The second kappa shape index (κ2) is 3.09. The molecule has 1 aliphatic carbocycles. The lowest BCUT2D eigenvalue weighted by atomic mass is 10.1. The fourth-order valence-corrected chi connectivity index (χ4v) is 4.46. The Morgan fingerprint density at radius 1 is 1.57 bits per heavy atom. The second-order valence-corrected chi connectivity index (χ2v) is 6.69. The molecule has 2 unspecified atom stereocenters. The largest absolute Gasteiger partial charge is 0.393 e. The van der Waals surface area contributed by atoms with Gasteiger partial charge in [0.15, 0.2) is 0 Å². The lowest BCUT2D eigenvalue weighted by Crippen LogP contribution is -2.42. The van der Waals surface area contributed by atoms with Gasteiger partial charge >= 0.3 is 0 Å². The number of fused-ring (bicyclic) bond motifs is 2. The van der Waals surface area contributed by atoms with Gasteiger partial charge in [0.05, 0.1) is 4.99 Å². The molecule has 2 aliphatic heterocycles. The van der Waals surface area contributed by atoms with E-state index in [9.17, 15) is 0 Å². The van der Waals surface area contributed by atoms with Gasteiger partial charge in [0.2, 0.25) is 0 Å². The molecular formula is C10H16N2S2. The maximum atomic E-state index is 5.81. The Morgan fingerprint density at radius 2 is 2.36 bits per heavy atom. The highest BCUT2D eigenvalue weighted by Gasteiger charge is 2.50. The summed E-state index contributed by atoms with van der Waals surface area (Å²) in [6.45, 7) is 2.42. The van der Waals surface area contributed by atoms with Crippen molar-refractivity contribution < 1.29 is 0 Å². The molecule has 0 aromatic carbocycles. The van der Waals surface area contributed by atoms with Gasteiger partial charge in [0.25, 0.3) is 0 Å². The first-order chi connectivity index (χ1) is 6.70. The van der Waals surface area contributed by atoms with Crippen LogP contribution in [0.5, 0.6) is 0 Å². The van der Waals surface area contributed by atoms with Gasteiger partial charge in [-0.1, -0.05) is 12.2 Å². The van der Waals surface area contributed by atoms with Crippen molar-refractivity contribution in [1.82, 2.24) is 4.90 Å². The third-order valence-corrected chi connectivity index (χ3v) is 5.72. The number of hydrogen-bond donors (Lipinski definition) is 1. The average Bonchev–Trinajstić information content (AvgIpc) is 2.66. The Bertz CT molecular complexity index is 275. The van der Waals surface area contributed by atoms with E-state index in [1.165, 1.54) is 31.6 Å². The van der Waals surface area contributed by atoms with E-state index in [4.69, 9.17) is 18.0 Å². The zero-order valence-corrected chi connectivity index (χ0v) is 9.87. The highest BCUT2D eigenvalue weighted by atomic mass is 32.2. The first-order valence-corrected chi connectivity index (χ1v) is 6.81. The first-order valence-electron chi connectivity index (χ1n) is 5.35. The van der Waals surface area contributed by atoms with Crippen LogP contribution in [0.3, 0.4) is 0 Å². The lowest BCUT2D eigenvalue weighted by molar-refractivity contribution is 0.242. The van der Waals surface area contributed by atoms with Crippen LogP contribution in [-0.4, -0.2) is 40.0 Å². The predicted octanol–water partition coefficient (Wildman–Crippen LogP) is 1.24. The van der Waals surface area contributed by atoms with E-state index in [0.717, 1.165) is 22.8 Å². The fraction of sp³-hybridized carbons (Fsp3) is 0.900. The second-order valence-electron chi connectivity index (χ2n) is 4.92. The van der Waals surface area contributed by atoms with Crippen LogP contribution >= 0.6 is 24.0 Å². The molecule has 14 heavy (non-hydrogen) atoms. The van der Waals surface area contributed by atoms with Crippen molar-refractivity contribution in [3.8, 4) is 0 Å². The highest BCUT2D eigenvalue weighted by Crippen LogP contribution is 2.49. The molecule has 1 saturated carbocycles. The summed E-state index contributed by atoms with van der Waals surface area (Å²) in [7, 11) is 0. The number of nitrogens with zero attached hydrogens (tertiary/aromatic N) is 1. The number of thiocarbonyl (C=S) groups is 1. The van der Waals surface area contributed by atoms with Crippen LogP contribution in [0.2, 0.25) is 0 Å². The van der Waals surface area contributed by atoms with Crippen molar-refractivity contribution in [2.45, 2.75) is 30.6 Å². The third-order valence-electron chi connectivity index (χ3n) is 3.90. The standard InChI is InChI=1S/C10H16N2S2/c11-9(13)10(1-2-10)6-12-4-8-3-7(12)5-14-8/h7-8H,1-6H2,(H2,11,13). The predicted molar refractivity (Wildman–Crippen MR) is 64.7 cm³/mol. The third kappa shape index (κ3) is 1.39. The molecule has 0 radical (unpaired) electrons. The zero-order valence-electron chi connectivity index (χ0n) is 8.24. The molecule has 78 valence electrons. The number of hydrogen-bond acceptors (Lipinski definition) is 3. The van der Waals surface area contributed by atoms with Crippen molar-refractivity contribution >= 4 is 29.0 Å². The van der Waals surface area contributed by atoms with Crippen molar-refractivity contribution in [2.24, 2.45) is 11.1 Å². The summed E-state index contributed by atoms with van der Waals surface area (Å²) in [5.74, 6) is 1.33. The molecule has 2 heterocycles. The average molecular weight is 228 g/mol. The van der Waals surface area contributed by atoms with Crippen molar-refractivity contribution in [2.75, 3.05) is 18.8 Å². The van der Waals surface area contributed by atoms with E-state index in [-0.39, 0.29) is 5.41 Å². The van der Waals surface area contributed by atoms with E-state index >= 15 is 0 Å². The molecule has 3 aliphatic rings. The Balaban J connectivity index is 1.66. The van der Waals surface area contributed by atoms with Crippen molar-refractivity contribution in [3.05, 3.63) is 0 Å². The van der Waals surface area contributed by atoms with Crippen LogP contribution in [0.4, 0.5) is 0 Å². The molecule has 3 fully saturated rings. The quantitative estimate of drug-likeness (QED) is 0.736. The summed E-state index contributed by atoms with van der Waals surface area (Å²) in [6, 6.07) is 0.830. The molecule has 2 bridgehead atoms. The van der Waals surface area contributed by atoms with Gasteiger partial charge in [-0.2, -0.15) is 11.8 Å². The maximum Gasteiger partial charge on any atom is 0.0802 e. The first kappa shape index (κ1) is 9.43. The highest BCUT2D eigenvalue weighted by molar-refractivity contribution is 8.00. The van der Waals surface area contributed by atoms with E-state index in [1.54, 1.807) is 0 Å². The van der Waals surface area contributed by atoms with Crippen molar-refractivity contribution in [1.29, 1.82) is 0 Å². The van der Waals surface area contributed by atoms with Gasteiger partial charge in [-0.05, 0) is 19.3 Å². The van der Waals surface area contributed by atoms with Gasteiger partial charge < -0.3 is 5.73 Å². The molecule has 0 aromatic heterocycles. The smallest absolute Gasteiger partial charge is 0.0802 e. The van der Waals surface area contributed by atoms with Crippen LogP contribution in [0.15, 0.2) is 0 Å². The summed E-state index contributed by atoms with van der Waals surface area (Å²) >= 11 is 7.31. The van der Waals surface area contributed by atoms with Crippen LogP contribution in [0.25, 0.3) is 0 Å². The van der Waals surface area contributed by atoms with E-state index in [2.05, 4.69) is 16.7 Å². The molecular weight excluding hydrogens is 212 g/mol. The van der Waals surface area contributed by atoms with Gasteiger partial charge in [-0.3, -0.25) is 4.90 Å². The Labute approximate surface area is 94.6 Å². The summed E-state index contributed by atoms with van der Waals surface area (Å²) in [5.41, 5.74) is 6.05. The molecule has 0 aromatic rings. The minimum absolute atomic E-state index is 0.241. The normalized spacial score (nSPS) is 38.9. The number of rotatable bonds is 3. The Kier molecular flexibility index (Phi) is 2.08. The topological polar surface area (TPSA) is 29.3 Å². The van der Waals surface area contributed by atoms with Crippen LogP contribution in [0.1, 0.15) is 19.3 Å². The lowest BCUT2D eigenvalue weighted by Gasteiger charge is -2.30. The zero-order chi connectivity index (χ0) is 9.76. The number of thioether (sulfide) groups is 1. The van der Waals surface area contributed by atoms with E-state index in [1.807, 2.05) is 0 Å². The molecule has 2 atom stereocenters. The Morgan fingerprint density at radius 3 is 2.79 bits per heavy atom. The number of likely N-dealkylation sites (tertiary alicyclic amines) is 1. The minimum Gasteiger partial charge on any atom is -0.393 e. The van der Waals surface area contributed by atoms with Crippen molar-refractivity contribution in [3.63, 3.8) is 0 Å². The molecule has 0 spiro atoms. The number of nitrogens with two attached hydrogens (primary N) is 1. The SMILES string of the molecule is NC(=S)C1(CN2CC3CC2CS3)CC1. The van der Waals surface area contributed by atoms with Crippen LogP contribution < -0.4 is 5.73 Å². The van der Waals surface area contributed by atoms with Crippen LogP contribution in [0, 0.1) is 5.41 Å². The van der Waals surface area contributed by atoms with Gasteiger partial charge in [-0.15, -0.1) is 0 Å². The van der Waals surface area contributed by atoms with E-state index < -0.39 is 0 Å². The minimum atomic E-state index is 0.241. The molecule has 4 heteroatoms. The molecule has 2 saturated heterocycles. The molecule has 3 rings (SSSR count). The molecule has 2 nitrogen and oxygen atoms in total. The molecule has 2 N–H and O–H groups in total. The summed E-state index contributed by atoms with van der Waals surface area (Å²) in [5, 5.41) is 0.905. The summed E-state index contributed by atoms with van der Waals surface area (Å²) < 4.78 is 0. The van der Waals surface area contributed by atoms with Gasteiger partial charge in [-0.25, -0.2) is 0 Å². The van der Waals surface area contributed by atoms with Gasteiger partial charge in [0, 0.05) is 35.5 Å².